The minimum atomic E-state index is -0.779. The molecule has 2 atom stereocenters. The second-order valence-corrected chi connectivity index (χ2v) is 7.79. The zero-order valence-corrected chi connectivity index (χ0v) is 14.0. The number of hydrogen-bond acceptors (Lipinski definition) is 2. The van der Waals surface area contributed by atoms with Crippen molar-refractivity contribution < 1.29 is 17.6 Å². The zero-order chi connectivity index (χ0) is 18.1. The molecule has 0 aromatic heterocycles. The molecule has 2 fully saturated rings. The lowest BCUT2D eigenvalue weighted by atomic mass is 9.48. The number of nitrogens with one attached hydrogen (secondary N) is 2. The summed E-state index contributed by atoms with van der Waals surface area (Å²) in [7, 11) is 0. The molecule has 2 saturated carbocycles. The summed E-state index contributed by atoms with van der Waals surface area (Å²) in [5, 5.41) is 6.62. The van der Waals surface area contributed by atoms with Crippen molar-refractivity contribution in [3.05, 3.63) is 59.2 Å². The average molecular weight is 362 g/mol. The molecule has 0 amide bonds. The maximum absolute atomic E-state index is 14.8. The first-order valence-electron chi connectivity index (χ1n) is 8.94. The molecule has 2 N–H and O–H groups in total. The van der Waals surface area contributed by atoms with E-state index in [1.54, 1.807) is 0 Å². The molecule has 0 bridgehead atoms. The Hall–Kier alpha value is -2.24. The number of halogens is 4. The van der Waals surface area contributed by atoms with Crippen LogP contribution in [-0.2, 0) is 5.54 Å². The lowest BCUT2D eigenvalue weighted by Gasteiger charge is -2.65. The summed E-state index contributed by atoms with van der Waals surface area (Å²) in [5.74, 6) is -2.55. The summed E-state index contributed by atoms with van der Waals surface area (Å²) in [5.41, 5.74) is 0.113. The highest BCUT2D eigenvalue weighted by atomic mass is 19.1. The van der Waals surface area contributed by atoms with E-state index in [0.29, 0.717) is 17.7 Å². The first-order valence-corrected chi connectivity index (χ1v) is 8.94. The van der Waals surface area contributed by atoms with Crippen LogP contribution in [0.1, 0.15) is 37.7 Å². The zero-order valence-electron chi connectivity index (χ0n) is 14.0. The van der Waals surface area contributed by atoms with Gasteiger partial charge in [0.25, 0.3) is 0 Å². The molecular weight excluding hydrogens is 344 g/mol. The van der Waals surface area contributed by atoms with Crippen molar-refractivity contribution in [3.8, 4) is 0 Å². The normalized spacial score (nSPS) is 27.6. The summed E-state index contributed by atoms with van der Waals surface area (Å²) in [6, 6.07) is 5.43. The summed E-state index contributed by atoms with van der Waals surface area (Å²) in [6.07, 6.45) is 4.43. The lowest BCUT2D eigenvalue weighted by molar-refractivity contribution is 0.0173. The molecular formula is C20H18F4N2. The Balaban J connectivity index is 1.67. The molecule has 5 rings (SSSR count). The van der Waals surface area contributed by atoms with Crippen molar-refractivity contribution in [1.82, 2.24) is 0 Å². The van der Waals surface area contributed by atoms with E-state index in [9.17, 15) is 17.6 Å². The molecule has 1 heterocycles. The molecule has 1 spiro atoms. The monoisotopic (exact) mass is 362 g/mol. The second-order valence-electron chi connectivity index (χ2n) is 7.79. The van der Waals surface area contributed by atoms with E-state index in [4.69, 9.17) is 0 Å². The predicted octanol–water partition coefficient (Wildman–Crippen LogP) is 5.31. The molecule has 2 nitrogen and oxygen atoms in total. The van der Waals surface area contributed by atoms with Crippen LogP contribution in [0.5, 0.6) is 0 Å². The van der Waals surface area contributed by atoms with Crippen LogP contribution in [0.4, 0.5) is 28.9 Å². The minimum Gasteiger partial charge on any atom is -0.379 e. The summed E-state index contributed by atoms with van der Waals surface area (Å²) >= 11 is 0. The number of hydrogen-bond donors (Lipinski definition) is 2. The third-order valence-corrected chi connectivity index (χ3v) is 6.45. The van der Waals surface area contributed by atoms with Crippen molar-refractivity contribution >= 4 is 11.4 Å². The summed E-state index contributed by atoms with van der Waals surface area (Å²) < 4.78 is 56.0. The van der Waals surface area contributed by atoms with E-state index in [2.05, 4.69) is 10.6 Å². The topological polar surface area (TPSA) is 24.1 Å². The molecule has 2 aromatic rings. The van der Waals surface area contributed by atoms with Crippen molar-refractivity contribution in [1.29, 1.82) is 0 Å². The SMILES string of the molecule is Fc1cc(F)cc(NC23CCC2C2(CCC2)Nc2cc(F)cc(F)c23)c1. The van der Waals surface area contributed by atoms with Gasteiger partial charge in [0, 0.05) is 40.5 Å². The Morgan fingerprint density at radius 1 is 0.885 bits per heavy atom. The van der Waals surface area contributed by atoms with Gasteiger partial charge in [0.15, 0.2) is 0 Å². The van der Waals surface area contributed by atoms with Gasteiger partial charge in [-0.3, -0.25) is 0 Å². The molecule has 2 unspecified atom stereocenters. The Labute approximate surface area is 148 Å². The third-order valence-electron chi connectivity index (χ3n) is 6.45. The van der Waals surface area contributed by atoms with Gasteiger partial charge in [0.1, 0.15) is 23.3 Å². The fourth-order valence-corrected chi connectivity index (χ4v) is 5.23. The predicted molar refractivity (Wildman–Crippen MR) is 90.9 cm³/mol. The van der Waals surface area contributed by atoms with E-state index in [1.807, 2.05) is 0 Å². The average Bonchev–Trinajstić information content (AvgIpc) is 2.47. The van der Waals surface area contributed by atoms with Crippen LogP contribution in [0, 0.1) is 29.2 Å². The number of benzene rings is 2. The Bertz CT molecular complexity index is 889. The van der Waals surface area contributed by atoms with Crippen LogP contribution in [0.2, 0.25) is 0 Å². The van der Waals surface area contributed by atoms with Gasteiger partial charge in [0.05, 0.1) is 5.54 Å². The molecule has 26 heavy (non-hydrogen) atoms. The first kappa shape index (κ1) is 16.0. The fourth-order valence-electron chi connectivity index (χ4n) is 5.23. The first-order chi connectivity index (χ1) is 12.4. The van der Waals surface area contributed by atoms with Gasteiger partial charge in [-0.15, -0.1) is 0 Å². The van der Waals surface area contributed by atoms with Gasteiger partial charge in [-0.1, -0.05) is 0 Å². The quantitative estimate of drug-likeness (QED) is 0.708. The van der Waals surface area contributed by atoms with Crippen LogP contribution in [0.25, 0.3) is 0 Å². The van der Waals surface area contributed by atoms with Crippen molar-refractivity contribution in [2.45, 2.75) is 43.2 Å². The van der Waals surface area contributed by atoms with Crippen LogP contribution >= 0.6 is 0 Å². The maximum Gasteiger partial charge on any atom is 0.133 e. The highest BCUT2D eigenvalue weighted by molar-refractivity contribution is 5.66. The summed E-state index contributed by atoms with van der Waals surface area (Å²) in [6.45, 7) is 0. The molecule has 136 valence electrons. The lowest BCUT2D eigenvalue weighted by Crippen LogP contribution is -2.68. The number of anilines is 2. The van der Waals surface area contributed by atoms with Gasteiger partial charge in [0.2, 0.25) is 0 Å². The van der Waals surface area contributed by atoms with Gasteiger partial charge in [-0.2, -0.15) is 0 Å². The van der Waals surface area contributed by atoms with Crippen LogP contribution in [0.15, 0.2) is 30.3 Å². The van der Waals surface area contributed by atoms with Crippen molar-refractivity contribution in [2.24, 2.45) is 5.92 Å². The number of rotatable bonds is 2. The molecule has 2 aromatic carbocycles. The third kappa shape index (κ3) is 2.04. The van der Waals surface area contributed by atoms with E-state index >= 15 is 0 Å². The smallest absolute Gasteiger partial charge is 0.133 e. The van der Waals surface area contributed by atoms with Gasteiger partial charge < -0.3 is 10.6 Å². The largest absolute Gasteiger partial charge is 0.379 e. The molecule has 0 radical (unpaired) electrons. The van der Waals surface area contributed by atoms with Crippen LogP contribution < -0.4 is 10.6 Å². The Morgan fingerprint density at radius 2 is 1.58 bits per heavy atom. The standard InChI is InChI=1S/C20H18F4N2/c21-11-6-12(22)8-14(7-11)25-20-5-2-17(20)19(3-1-4-19)26-16-10-13(23)9-15(24)18(16)20/h6-10,17,25-26H,1-5H2. The van der Waals surface area contributed by atoms with Crippen molar-refractivity contribution in [3.63, 3.8) is 0 Å². The molecule has 6 heteroatoms. The maximum atomic E-state index is 14.8. The van der Waals surface area contributed by atoms with Crippen LogP contribution in [-0.4, -0.2) is 5.54 Å². The highest BCUT2D eigenvalue weighted by Gasteiger charge is 2.64. The van der Waals surface area contributed by atoms with E-state index in [0.717, 1.165) is 37.8 Å². The Kier molecular flexibility index (Phi) is 3.16. The van der Waals surface area contributed by atoms with Gasteiger partial charge >= 0.3 is 0 Å². The second kappa shape index (κ2) is 5.15. The molecule has 0 saturated heterocycles. The van der Waals surface area contributed by atoms with E-state index in [-0.39, 0.29) is 17.1 Å². The molecule has 3 aliphatic rings. The van der Waals surface area contributed by atoms with Crippen molar-refractivity contribution in [2.75, 3.05) is 10.6 Å². The van der Waals surface area contributed by atoms with E-state index < -0.39 is 28.8 Å². The Morgan fingerprint density at radius 3 is 2.15 bits per heavy atom. The van der Waals surface area contributed by atoms with E-state index in [1.165, 1.54) is 18.2 Å². The minimum absolute atomic E-state index is 0.0857. The van der Waals surface area contributed by atoms with Gasteiger partial charge in [-0.05, 0) is 50.3 Å². The number of fused-ring (bicyclic) bond motifs is 4. The molecule has 1 aliphatic heterocycles. The molecule has 2 aliphatic carbocycles. The van der Waals surface area contributed by atoms with Gasteiger partial charge in [-0.25, -0.2) is 17.6 Å². The highest BCUT2D eigenvalue weighted by Crippen LogP contribution is 2.64. The summed E-state index contributed by atoms with van der Waals surface area (Å²) in [4.78, 5) is 0. The van der Waals surface area contributed by atoms with Crippen LogP contribution in [0.3, 0.4) is 0 Å². The fraction of sp³-hybridized carbons (Fsp3) is 0.400.